The highest BCUT2D eigenvalue weighted by Gasteiger charge is 2.34. The lowest BCUT2D eigenvalue weighted by Crippen LogP contribution is -2.44. The number of benzene rings is 2. The van der Waals surface area contributed by atoms with Crippen LogP contribution in [0.5, 0.6) is 11.5 Å². The second-order valence-corrected chi connectivity index (χ2v) is 6.93. The van der Waals surface area contributed by atoms with E-state index in [9.17, 15) is 14.7 Å². The summed E-state index contributed by atoms with van der Waals surface area (Å²) in [6.07, 6.45) is 1.67. The van der Waals surface area contributed by atoms with Crippen molar-refractivity contribution in [3.05, 3.63) is 64.6 Å². The Morgan fingerprint density at radius 3 is 2.77 bits per heavy atom. The summed E-state index contributed by atoms with van der Waals surface area (Å²) in [5, 5.41) is 10.5. The first-order valence-electron chi connectivity index (χ1n) is 7.50. The summed E-state index contributed by atoms with van der Waals surface area (Å²) in [5.41, 5.74) is 3.41. The van der Waals surface area contributed by atoms with Gasteiger partial charge in [-0.05, 0) is 42.6 Å². The number of phenolic OH excluding ortho intramolecular Hbond substituents is 1. The molecule has 0 atom stereocenters. The summed E-state index contributed by atoms with van der Waals surface area (Å²) in [6, 6.07) is 13.1. The Bertz CT molecular complexity index is 927. The summed E-state index contributed by atoms with van der Waals surface area (Å²) in [6.45, 7) is 0. The van der Waals surface area contributed by atoms with Gasteiger partial charge in [-0.1, -0.05) is 36.0 Å². The molecule has 1 heterocycles. The molecule has 132 valence electrons. The second-order valence-electron chi connectivity index (χ2n) is 5.25. The highest BCUT2D eigenvalue weighted by Crippen LogP contribution is 2.33. The molecule has 1 aliphatic rings. The van der Waals surface area contributed by atoms with Crippen LogP contribution < -0.4 is 10.2 Å². The number of carbonyl (C=O) groups excluding carboxylic acids is 2. The molecule has 2 aromatic rings. The number of methoxy groups -OCH3 is 1. The molecule has 3 rings (SSSR count). The fourth-order valence-corrected chi connectivity index (χ4v) is 3.47. The lowest BCUT2D eigenvalue weighted by atomic mass is 10.2. The summed E-state index contributed by atoms with van der Waals surface area (Å²) in [7, 11) is 1.55. The van der Waals surface area contributed by atoms with Gasteiger partial charge in [0.15, 0.2) is 4.32 Å². The maximum Gasteiger partial charge on any atom is 0.285 e. The molecule has 2 N–H and O–H groups in total. The second kappa shape index (κ2) is 7.59. The minimum atomic E-state index is -0.546. The number of nitrogens with zero attached hydrogens (tertiary/aromatic N) is 1. The Morgan fingerprint density at radius 2 is 2.04 bits per heavy atom. The van der Waals surface area contributed by atoms with Crippen LogP contribution in [0, 0.1) is 0 Å². The van der Waals surface area contributed by atoms with E-state index in [1.165, 1.54) is 24.3 Å². The number of thioether (sulfide) groups is 1. The summed E-state index contributed by atoms with van der Waals surface area (Å²) in [5.74, 6) is -0.393. The first-order valence-corrected chi connectivity index (χ1v) is 8.73. The van der Waals surface area contributed by atoms with E-state index in [0.717, 1.165) is 22.3 Å². The molecule has 0 spiro atoms. The molecule has 1 saturated heterocycles. The third kappa shape index (κ3) is 3.71. The van der Waals surface area contributed by atoms with Gasteiger partial charge in [0.2, 0.25) is 0 Å². The van der Waals surface area contributed by atoms with Gasteiger partial charge < -0.3 is 9.84 Å². The Kier molecular flexibility index (Phi) is 5.24. The van der Waals surface area contributed by atoms with Crippen LogP contribution in [0.4, 0.5) is 0 Å². The largest absolute Gasteiger partial charge is 0.508 e. The number of nitrogens with one attached hydrogen (secondary N) is 1. The van der Waals surface area contributed by atoms with Crippen molar-refractivity contribution < 1.29 is 19.4 Å². The molecule has 0 unspecified atom stereocenters. The molecule has 0 bridgehead atoms. The third-order valence-corrected chi connectivity index (χ3v) is 4.84. The fraction of sp³-hybridized carbons (Fsp3) is 0.0556. The Labute approximate surface area is 159 Å². The van der Waals surface area contributed by atoms with Gasteiger partial charge in [-0.25, -0.2) is 0 Å². The minimum Gasteiger partial charge on any atom is -0.508 e. The number of amides is 2. The molecule has 1 fully saturated rings. The van der Waals surface area contributed by atoms with Gasteiger partial charge in [-0.2, -0.15) is 5.01 Å². The SMILES string of the molecule is COc1ccccc1C=C1SC(=S)N(NC(=O)c2cccc(O)c2)C1=O. The van der Waals surface area contributed by atoms with Crippen LogP contribution in [0.15, 0.2) is 53.4 Å². The molecule has 8 heteroatoms. The van der Waals surface area contributed by atoms with Crippen molar-refractivity contribution in [2.45, 2.75) is 0 Å². The van der Waals surface area contributed by atoms with Crippen LogP contribution in [-0.4, -0.2) is 33.4 Å². The fourth-order valence-electron chi connectivity index (χ4n) is 2.30. The zero-order valence-electron chi connectivity index (χ0n) is 13.6. The Balaban J connectivity index is 1.81. The average Bonchev–Trinajstić information content (AvgIpc) is 2.89. The maximum atomic E-state index is 12.6. The van der Waals surface area contributed by atoms with Gasteiger partial charge in [-0.15, -0.1) is 0 Å². The average molecular weight is 386 g/mol. The van der Waals surface area contributed by atoms with E-state index >= 15 is 0 Å². The predicted molar refractivity (Wildman–Crippen MR) is 104 cm³/mol. The highest BCUT2D eigenvalue weighted by atomic mass is 32.2. The monoisotopic (exact) mass is 386 g/mol. The normalized spacial score (nSPS) is 15.4. The Morgan fingerprint density at radius 1 is 1.27 bits per heavy atom. The van der Waals surface area contributed by atoms with Gasteiger partial charge >= 0.3 is 0 Å². The van der Waals surface area contributed by atoms with Crippen LogP contribution in [0.25, 0.3) is 6.08 Å². The van der Waals surface area contributed by atoms with Crippen molar-refractivity contribution in [2.24, 2.45) is 0 Å². The topological polar surface area (TPSA) is 78.9 Å². The summed E-state index contributed by atoms with van der Waals surface area (Å²) < 4.78 is 5.49. The van der Waals surface area contributed by atoms with E-state index in [0.29, 0.717) is 10.7 Å². The van der Waals surface area contributed by atoms with Crippen LogP contribution in [-0.2, 0) is 4.79 Å². The predicted octanol–water partition coefficient (Wildman–Crippen LogP) is 2.95. The molecular formula is C18H14N2O4S2. The minimum absolute atomic E-state index is 0.0425. The smallest absolute Gasteiger partial charge is 0.285 e. The quantitative estimate of drug-likeness (QED) is 0.621. The molecule has 0 aliphatic carbocycles. The van der Waals surface area contributed by atoms with Gasteiger partial charge in [0.1, 0.15) is 11.5 Å². The number of hydrogen-bond acceptors (Lipinski definition) is 6. The summed E-state index contributed by atoms with van der Waals surface area (Å²) in [4.78, 5) is 25.3. The van der Waals surface area contributed by atoms with E-state index < -0.39 is 11.8 Å². The van der Waals surface area contributed by atoms with Gasteiger partial charge in [0, 0.05) is 11.1 Å². The summed E-state index contributed by atoms with van der Waals surface area (Å²) >= 11 is 6.28. The highest BCUT2D eigenvalue weighted by molar-refractivity contribution is 8.26. The number of ether oxygens (including phenoxy) is 1. The molecule has 2 aromatic carbocycles. The number of phenols is 1. The van der Waals surface area contributed by atoms with Gasteiger partial charge in [-0.3, -0.25) is 15.0 Å². The zero-order chi connectivity index (χ0) is 18.7. The van der Waals surface area contributed by atoms with Gasteiger partial charge in [0.25, 0.3) is 11.8 Å². The maximum absolute atomic E-state index is 12.6. The first kappa shape index (κ1) is 18.0. The first-order chi connectivity index (χ1) is 12.5. The number of thiocarbonyl (C=S) groups is 1. The van der Waals surface area contributed by atoms with E-state index in [4.69, 9.17) is 17.0 Å². The van der Waals surface area contributed by atoms with Crippen LogP contribution in [0.1, 0.15) is 15.9 Å². The van der Waals surface area contributed by atoms with Crippen molar-refractivity contribution in [3.63, 3.8) is 0 Å². The van der Waals surface area contributed by atoms with Crippen molar-refractivity contribution in [2.75, 3.05) is 7.11 Å². The number of para-hydroxylation sites is 1. The van der Waals surface area contributed by atoms with E-state index in [1.807, 2.05) is 18.2 Å². The number of carbonyl (C=O) groups is 2. The number of hydrazine groups is 1. The molecule has 0 saturated carbocycles. The van der Waals surface area contributed by atoms with Crippen LogP contribution in [0.3, 0.4) is 0 Å². The number of aromatic hydroxyl groups is 1. The van der Waals surface area contributed by atoms with Crippen LogP contribution in [0.2, 0.25) is 0 Å². The van der Waals surface area contributed by atoms with Crippen molar-refractivity contribution >= 4 is 46.2 Å². The lowest BCUT2D eigenvalue weighted by Gasteiger charge is -2.15. The van der Waals surface area contributed by atoms with E-state index in [2.05, 4.69) is 5.43 Å². The zero-order valence-corrected chi connectivity index (χ0v) is 15.3. The molecule has 26 heavy (non-hydrogen) atoms. The van der Waals surface area contributed by atoms with Crippen molar-refractivity contribution in [3.8, 4) is 11.5 Å². The third-order valence-electron chi connectivity index (χ3n) is 3.54. The van der Waals surface area contributed by atoms with E-state index in [-0.39, 0.29) is 15.6 Å². The van der Waals surface area contributed by atoms with Crippen molar-refractivity contribution in [1.29, 1.82) is 0 Å². The number of hydrogen-bond donors (Lipinski definition) is 2. The molecule has 0 radical (unpaired) electrons. The van der Waals surface area contributed by atoms with E-state index in [1.54, 1.807) is 19.3 Å². The standard InChI is InChI=1S/C18H14N2O4S2/c1-24-14-8-3-2-5-11(14)10-15-17(23)20(18(25)26-15)19-16(22)12-6-4-7-13(21)9-12/h2-10,21H,1H3,(H,19,22). The number of rotatable bonds is 4. The van der Waals surface area contributed by atoms with Gasteiger partial charge in [0.05, 0.1) is 12.0 Å². The Hall–Kier alpha value is -2.84. The molecule has 0 aromatic heterocycles. The molecule has 6 nitrogen and oxygen atoms in total. The van der Waals surface area contributed by atoms with Crippen molar-refractivity contribution in [1.82, 2.24) is 10.4 Å². The van der Waals surface area contributed by atoms with Crippen LogP contribution >= 0.6 is 24.0 Å². The molecular weight excluding hydrogens is 372 g/mol. The lowest BCUT2D eigenvalue weighted by molar-refractivity contribution is -0.123. The molecule has 1 aliphatic heterocycles. The molecule has 2 amide bonds.